The SMILES string of the molecule is CCCCC(/C=N/c1cccc(NC(C)C)c1)=N\c1cccc(NC(C)C)c1.[Pd]. The van der Waals surface area contributed by atoms with Crippen LogP contribution in [0.15, 0.2) is 58.5 Å². The molecule has 160 valence electrons. The zero-order valence-corrected chi connectivity index (χ0v) is 19.7. The van der Waals surface area contributed by atoms with Gasteiger partial charge in [-0.2, -0.15) is 0 Å². The summed E-state index contributed by atoms with van der Waals surface area (Å²) in [5, 5.41) is 6.85. The largest absolute Gasteiger partial charge is 0.383 e. The molecule has 0 unspecified atom stereocenters. The molecule has 0 heterocycles. The molecule has 0 bridgehead atoms. The maximum atomic E-state index is 4.86. The Balaban J connectivity index is 0.00000420. The van der Waals surface area contributed by atoms with E-state index in [0.29, 0.717) is 12.1 Å². The van der Waals surface area contributed by atoms with Crippen LogP contribution >= 0.6 is 0 Å². The molecule has 0 atom stereocenters. The van der Waals surface area contributed by atoms with E-state index in [1.165, 1.54) is 0 Å². The van der Waals surface area contributed by atoms with Crippen molar-refractivity contribution in [2.24, 2.45) is 9.98 Å². The molecule has 0 saturated heterocycles. The predicted molar refractivity (Wildman–Crippen MR) is 125 cm³/mol. The van der Waals surface area contributed by atoms with Crippen LogP contribution in [0.25, 0.3) is 0 Å². The van der Waals surface area contributed by atoms with Crippen molar-refractivity contribution in [3.8, 4) is 0 Å². The molecular weight excluding hydrogens is 451 g/mol. The van der Waals surface area contributed by atoms with Crippen LogP contribution in [0.4, 0.5) is 22.7 Å². The van der Waals surface area contributed by atoms with E-state index in [-0.39, 0.29) is 20.4 Å². The third kappa shape index (κ3) is 9.88. The molecule has 29 heavy (non-hydrogen) atoms. The van der Waals surface area contributed by atoms with E-state index < -0.39 is 0 Å². The normalized spacial score (nSPS) is 11.8. The molecule has 4 nitrogen and oxygen atoms in total. The molecule has 0 radical (unpaired) electrons. The van der Waals surface area contributed by atoms with Gasteiger partial charge in [0.15, 0.2) is 0 Å². The minimum atomic E-state index is 0. The van der Waals surface area contributed by atoms with Crippen molar-refractivity contribution in [2.75, 3.05) is 10.6 Å². The van der Waals surface area contributed by atoms with E-state index in [1.807, 2.05) is 30.5 Å². The van der Waals surface area contributed by atoms with Gasteiger partial charge in [-0.15, -0.1) is 0 Å². The van der Waals surface area contributed by atoms with Gasteiger partial charge in [0.1, 0.15) is 0 Å². The van der Waals surface area contributed by atoms with E-state index in [2.05, 4.69) is 74.5 Å². The van der Waals surface area contributed by atoms with Gasteiger partial charge in [0.05, 0.1) is 17.1 Å². The predicted octanol–water partition coefficient (Wildman–Crippen LogP) is 6.99. The fourth-order valence-corrected chi connectivity index (χ4v) is 2.83. The van der Waals surface area contributed by atoms with Crippen LogP contribution in [0.3, 0.4) is 0 Å². The Morgan fingerprint density at radius 2 is 1.45 bits per heavy atom. The quantitative estimate of drug-likeness (QED) is 0.282. The van der Waals surface area contributed by atoms with Crippen LogP contribution < -0.4 is 10.6 Å². The van der Waals surface area contributed by atoms with Crippen LogP contribution in [-0.4, -0.2) is 24.0 Å². The smallest absolute Gasteiger partial charge is 0.0654 e. The second kappa shape index (κ2) is 13.3. The van der Waals surface area contributed by atoms with Crippen molar-refractivity contribution in [2.45, 2.75) is 66.0 Å². The number of aliphatic imine (C=N–C) groups is 2. The average molecular weight is 485 g/mol. The number of benzene rings is 2. The van der Waals surface area contributed by atoms with Gasteiger partial charge >= 0.3 is 0 Å². The Labute approximate surface area is 190 Å². The van der Waals surface area contributed by atoms with Crippen molar-refractivity contribution < 1.29 is 20.4 Å². The van der Waals surface area contributed by atoms with E-state index in [1.54, 1.807) is 0 Å². The first kappa shape index (κ1) is 25.1. The second-order valence-corrected chi connectivity index (χ2v) is 7.66. The van der Waals surface area contributed by atoms with Gasteiger partial charge in [-0.1, -0.05) is 25.5 Å². The molecule has 0 aliphatic carbocycles. The number of rotatable bonds is 10. The minimum Gasteiger partial charge on any atom is -0.383 e. The van der Waals surface area contributed by atoms with Crippen molar-refractivity contribution in [1.29, 1.82) is 0 Å². The maximum Gasteiger partial charge on any atom is 0.0654 e. The van der Waals surface area contributed by atoms with Crippen molar-refractivity contribution in [3.05, 3.63) is 48.5 Å². The van der Waals surface area contributed by atoms with Gasteiger partial charge in [0.2, 0.25) is 0 Å². The van der Waals surface area contributed by atoms with Gasteiger partial charge < -0.3 is 10.6 Å². The Hall–Kier alpha value is -1.96. The summed E-state index contributed by atoms with van der Waals surface area (Å²) in [6.07, 6.45) is 5.07. The summed E-state index contributed by atoms with van der Waals surface area (Å²) < 4.78 is 0. The topological polar surface area (TPSA) is 48.8 Å². The molecule has 0 aliphatic heterocycles. The van der Waals surface area contributed by atoms with Crippen molar-refractivity contribution in [3.63, 3.8) is 0 Å². The molecular formula is C24H34N4Pd. The zero-order chi connectivity index (χ0) is 20.4. The molecule has 0 saturated carbocycles. The second-order valence-electron chi connectivity index (χ2n) is 7.66. The monoisotopic (exact) mass is 484 g/mol. The molecule has 0 aliphatic rings. The van der Waals surface area contributed by atoms with E-state index in [9.17, 15) is 0 Å². The molecule has 0 spiro atoms. The number of hydrogen-bond acceptors (Lipinski definition) is 4. The first-order valence-electron chi connectivity index (χ1n) is 10.3. The number of unbranched alkanes of at least 4 members (excludes halogenated alkanes) is 1. The summed E-state index contributed by atoms with van der Waals surface area (Å²) in [7, 11) is 0. The molecule has 0 amide bonds. The fourth-order valence-electron chi connectivity index (χ4n) is 2.83. The van der Waals surface area contributed by atoms with E-state index >= 15 is 0 Å². The summed E-state index contributed by atoms with van der Waals surface area (Å²) in [4.78, 5) is 9.54. The Kier molecular flexibility index (Phi) is 11.5. The standard InChI is InChI=1S/C24H34N4.Pd/c1-6-7-10-24(28-23-14-9-13-22(16-23)27-19(4)5)17-25-20-11-8-12-21(15-20)26-18(2)3;/h8-9,11-19,26-27H,6-7,10H2,1-5H3;/b25-17+,28-24+;. The maximum absolute atomic E-state index is 4.86. The Bertz CT molecular complexity index is 797. The molecule has 2 rings (SSSR count). The zero-order valence-electron chi connectivity index (χ0n) is 18.2. The minimum absolute atomic E-state index is 0. The van der Waals surface area contributed by atoms with Crippen LogP contribution in [0.5, 0.6) is 0 Å². The van der Waals surface area contributed by atoms with Gasteiger partial charge in [0.25, 0.3) is 0 Å². The first-order valence-corrected chi connectivity index (χ1v) is 10.3. The molecule has 0 fully saturated rings. The van der Waals surface area contributed by atoms with Gasteiger partial charge in [-0.05, 0) is 76.9 Å². The summed E-state index contributed by atoms with van der Waals surface area (Å²) in [5.41, 5.74) is 5.08. The van der Waals surface area contributed by atoms with E-state index in [0.717, 1.165) is 47.7 Å². The van der Waals surface area contributed by atoms with Crippen molar-refractivity contribution >= 4 is 34.7 Å². The van der Waals surface area contributed by atoms with Crippen molar-refractivity contribution in [1.82, 2.24) is 0 Å². The number of hydrogen-bond donors (Lipinski definition) is 2. The van der Waals surface area contributed by atoms with Gasteiger partial charge in [0, 0.05) is 50.1 Å². The van der Waals surface area contributed by atoms with Gasteiger partial charge in [-0.3, -0.25) is 9.98 Å². The molecule has 5 heteroatoms. The number of nitrogens with one attached hydrogen (secondary N) is 2. The fraction of sp³-hybridized carbons (Fsp3) is 0.417. The summed E-state index contributed by atoms with van der Waals surface area (Å²) in [6.45, 7) is 10.7. The van der Waals surface area contributed by atoms with Crippen LogP contribution in [-0.2, 0) is 20.4 Å². The van der Waals surface area contributed by atoms with Gasteiger partial charge in [-0.25, -0.2) is 0 Å². The number of anilines is 2. The van der Waals surface area contributed by atoms with Crippen LogP contribution in [0, 0.1) is 0 Å². The molecule has 2 aromatic rings. The Morgan fingerprint density at radius 3 is 2.00 bits per heavy atom. The summed E-state index contributed by atoms with van der Waals surface area (Å²) >= 11 is 0. The average Bonchev–Trinajstić information content (AvgIpc) is 2.63. The Morgan fingerprint density at radius 1 is 0.897 bits per heavy atom. The summed E-state index contributed by atoms with van der Waals surface area (Å²) in [5.74, 6) is 0. The molecule has 0 aromatic heterocycles. The van der Waals surface area contributed by atoms with Crippen LogP contribution in [0.1, 0.15) is 53.9 Å². The molecule has 2 N–H and O–H groups in total. The number of nitrogens with zero attached hydrogens (tertiary/aromatic N) is 2. The third-order valence-electron chi connectivity index (χ3n) is 4.02. The third-order valence-corrected chi connectivity index (χ3v) is 4.02. The summed E-state index contributed by atoms with van der Waals surface area (Å²) in [6, 6.07) is 17.2. The molecule has 2 aromatic carbocycles. The van der Waals surface area contributed by atoms with Crippen LogP contribution in [0.2, 0.25) is 0 Å². The first-order chi connectivity index (χ1) is 13.5. The van der Waals surface area contributed by atoms with E-state index in [4.69, 9.17) is 4.99 Å².